The Hall–Kier alpha value is -1.90. The lowest BCUT2D eigenvalue weighted by Crippen LogP contribution is -2.20. The van der Waals surface area contributed by atoms with Gasteiger partial charge in [-0.2, -0.15) is 0 Å². The Morgan fingerprint density at radius 1 is 0.697 bits per heavy atom. The van der Waals surface area contributed by atoms with Crippen LogP contribution in [0.1, 0.15) is 120 Å². The highest BCUT2D eigenvalue weighted by Gasteiger charge is 2.24. The maximum absolute atomic E-state index is 6.08. The molecule has 0 bridgehead atoms. The molecular weight excluding hydrogens is 404 g/mol. The van der Waals surface area contributed by atoms with Gasteiger partial charge in [0.25, 0.3) is 0 Å². The van der Waals surface area contributed by atoms with Crippen molar-refractivity contribution in [3.8, 4) is 5.75 Å². The van der Waals surface area contributed by atoms with Gasteiger partial charge < -0.3 is 4.74 Å². The Morgan fingerprint density at radius 2 is 1.33 bits per heavy atom. The first-order valence-electron chi connectivity index (χ1n) is 13.8. The van der Waals surface area contributed by atoms with Gasteiger partial charge in [-0.05, 0) is 74.1 Å². The Morgan fingerprint density at radius 3 is 1.97 bits per heavy atom. The summed E-state index contributed by atoms with van der Waals surface area (Å²) in [5, 5.41) is 0. The monoisotopic (exact) mass is 450 g/mol. The molecule has 3 nitrogen and oxygen atoms in total. The first-order valence-corrected chi connectivity index (χ1v) is 13.8. The van der Waals surface area contributed by atoms with Crippen molar-refractivity contribution in [2.75, 3.05) is 6.61 Å². The number of aryl methyl sites for hydroxylation is 2. The van der Waals surface area contributed by atoms with Crippen LogP contribution in [0.25, 0.3) is 0 Å². The van der Waals surface area contributed by atoms with Gasteiger partial charge in [0.05, 0.1) is 6.61 Å². The molecule has 0 amide bonds. The molecule has 1 aromatic carbocycles. The molecule has 3 rings (SSSR count). The van der Waals surface area contributed by atoms with Crippen molar-refractivity contribution < 1.29 is 4.74 Å². The molecule has 1 saturated carbocycles. The maximum Gasteiger partial charge on any atom is 0.131 e. The third-order valence-electron chi connectivity index (χ3n) is 7.20. The van der Waals surface area contributed by atoms with E-state index in [1.54, 1.807) is 0 Å². The van der Waals surface area contributed by atoms with Gasteiger partial charge in [0.2, 0.25) is 0 Å². The van der Waals surface area contributed by atoms with Crippen LogP contribution in [0, 0.1) is 5.92 Å². The third-order valence-corrected chi connectivity index (χ3v) is 7.20. The van der Waals surface area contributed by atoms with Crippen LogP contribution in [0.4, 0.5) is 0 Å². The molecule has 0 aliphatic heterocycles. The first kappa shape index (κ1) is 25.7. The molecule has 1 aromatic heterocycles. The van der Waals surface area contributed by atoms with E-state index >= 15 is 0 Å². The second-order valence-electron chi connectivity index (χ2n) is 10.1. The smallest absolute Gasteiger partial charge is 0.131 e. The highest BCUT2D eigenvalue weighted by molar-refractivity contribution is 5.27. The van der Waals surface area contributed by atoms with Crippen LogP contribution in [-0.4, -0.2) is 16.6 Å². The predicted octanol–water partition coefficient (Wildman–Crippen LogP) is 8.47. The number of rotatable bonds is 15. The minimum Gasteiger partial charge on any atom is -0.493 e. The van der Waals surface area contributed by atoms with Gasteiger partial charge >= 0.3 is 0 Å². The van der Waals surface area contributed by atoms with E-state index in [0.717, 1.165) is 31.0 Å². The number of benzene rings is 1. The van der Waals surface area contributed by atoms with E-state index in [0.29, 0.717) is 11.8 Å². The average molecular weight is 451 g/mol. The molecule has 0 atom stereocenters. The van der Waals surface area contributed by atoms with Crippen LogP contribution in [0.15, 0.2) is 36.7 Å². The van der Waals surface area contributed by atoms with Crippen LogP contribution in [0.2, 0.25) is 0 Å². The van der Waals surface area contributed by atoms with E-state index in [1.165, 1.54) is 94.6 Å². The van der Waals surface area contributed by atoms with Crippen molar-refractivity contribution in [1.29, 1.82) is 0 Å². The molecule has 0 saturated heterocycles. The molecule has 3 heteroatoms. The maximum atomic E-state index is 6.08. The summed E-state index contributed by atoms with van der Waals surface area (Å²) >= 11 is 0. The summed E-state index contributed by atoms with van der Waals surface area (Å²) in [4.78, 5) is 9.50. The second kappa shape index (κ2) is 15.1. The molecule has 0 radical (unpaired) electrons. The highest BCUT2D eigenvalue weighted by atomic mass is 16.5. The number of aromatic nitrogens is 2. The highest BCUT2D eigenvalue weighted by Crippen LogP contribution is 2.34. The number of nitrogens with zero attached hydrogens (tertiary/aromatic N) is 2. The van der Waals surface area contributed by atoms with Gasteiger partial charge in [0, 0.05) is 18.3 Å². The fraction of sp³-hybridized carbons (Fsp3) is 0.667. The molecule has 1 aliphatic rings. The minimum absolute atomic E-state index is 0.520. The van der Waals surface area contributed by atoms with Crippen LogP contribution >= 0.6 is 0 Å². The SMILES string of the molecule is CCCCCCCCCCc1cnc(C2CCC(COc3ccc(CCC)cc3)CC2)nc1. The zero-order valence-corrected chi connectivity index (χ0v) is 21.2. The Balaban J connectivity index is 1.30. The molecular formula is C30H46N2O. The zero-order chi connectivity index (χ0) is 23.1. The van der Waals surface area contributed by atoms with Crippen LogP contribution in [0.5, 0.6) is 5.75 Å². The van der Waals surface area contributed by atoms with Gasteiger partial charge in [0.1, 0.15) is 11.6 Å². The van der Waals surface area contributed by atoms with Crippen molar-refractivity contribution >= 4 is 0 Å². The number of ether oxygens (including phenoxy) is 1. The lowest BCUT2D eigenvalue weighted by molar-refractivity contribution is 0.198. The Bertz CT molecular complexity index is 748. The lowest BCUT2D eigenvalue weighted by atomic mass is 9.82. The van der Waals surface area contributed by atoms with E-state index < -0.39 is 0 Å². The first-order chi connectivity index (χ1) is 16.3. The second-order valence-corrected chi connectivity index (χ2v) is 10.1. The third kappa shape index (κ3) is 9.47. The number of hydrogen-bond donors (Lipinski definition) is 0. The van der Waals surface area contributed by atoms with Gasteiger partial charge in [-0.1, -0.05) is 77.3 Å². The molecule has 33 heavy (non-hydrogen) atoms. The van der Waals surface area contributed by atoms with Crippen molar-refractivity contribution in [2.24, 2.45) is 5.92 Å². The summed E-state index contributed by atoms with van der Waals surface area (Å²) in [6, 6.07) is 8.65. The van der Waals surface area contributed by atoms with E-state index in [4.69, 9.17) is 14.7 Å². The topological polar surface area (TPSA) is 35.0 Å². The van der Waals surface area contributed by atoms with E-state index in [-0.39, 0.29) is 0 Å². The van der Waals surface area contributed by atoms with Gasteiger partial charge in [-0.25, -0.2) is 9.97 Å². The minimum atomic E-state index is 0.520. The van der Waals surface area contributed by atoms with E-state index in [9.17, 15) is 0 Å². The largest absolute Gasteiger partial charge is 0.493 e. The summed E-state index contributed by atoms with van der Waals surface area (Å²) in [5.41, 5.74) is 2.70. The molecule has 0 unspecified atom stereocenters. The van der Waals surface area contributed by atoms with Crippen LogP contribution in [-0.2, 0) is 12.8 Å². The average Bonchev–Trinajstić information content (AvgIpc) is 2.86. The quantitative estimate of drug-likeness (QED) is 0.255. The molecule has 1 aliphatic carbocycles. The predicted molar refractivity (Wildman–Crippen MR) is 139 cm³/mol. The van der Waals surface area contributed by atoms with Gasteiger partial charge in [-0.15, -0.1) is 0 Å². The lowest BCUT2D eigenvalue weighted by Gasteiger charge is -2.27. The summed E-state index contributed by atoms with van der Waals surface area (Å²) in [5.74, 6) is 3.23. The van der Waals surface area contributed by atoms with Gasteiger partial charge in [0.15, 0.2) is 0 Å². The normalized spacial score (nSPS) is 18.4. The van der Waals surface area contributed by atoms with Crippen LogP contribution in [0.3, 0.4) is 0 Å². The van der Waals surface area contributed by atoms with Crippen molar-refractivity contribution in [1.82, 2.24) is 9.97 Å². The fourth-order valence-corrected chi connectivity index (χ4v) is 5.01. The van der Waals surface area contributed by atoms with Gasteiger partial charge in [-0.3, -0.25) is 0 Å². The molecule has 2 aromatic rings. The molecule has 1 fully saturated rings. The van der Waals surface area contributed by atoms with Crippen molar-refractivity contribution in [2.45, 2.75) is 116 Å². The standard InChI is InChI=1S/C30H46N2O/c1-3-5-6-7-8-9-10-11-13-27-22-31-30(32-23-27)28-18-14-26(15-19-28)24-33-29-20-16-25(12-4-2)17-21-29/h16-17,20-23,26,28H,3-15,18-19,24H2,1-2H3. The van der Waals surface area contributed by atoms with E-state index in [2.05, 4.69) is 50.5 Å². The molecule has 0 spiro atoms. The molecule has 1 heterocycles. The Kier molecular flexibility index (Phi) is 11.8. The van der Waals surface area contributed by atoms with Crippen molar-refractivity contribution in [3.63, 3.8) is 0 Å². The summed E-state index contributed by atoms with van der Waals surface area (Å²) in [6.45, 7) is 5.33. The number of hydrogen-bond acceptors (Lipinski definition) is 3. The summed E-state index contributed by atoms with van der Waals surface area (Å²) in [7, 11) is 0. The molecule has 0 N–H and O–H groups in total. The van der Waals surface area contributed by atoms with Crippen LogP contribution < -0.4 is 4.74 Å². The number of unbranched alkanes of at least 4 members (excludes halogenated alkanes) is 7. The van der Waals surface area contributed by atoms with E-state index in [1.807, 2.05) is 0 Å². The molecule has 182 valence electrons. The van der Waals surface area contributed by atoms with Crippen molar-refractivity contribution in [3.05, 3.63) is 53.6 Å². The summed E-state index contributed by atoms with van der Waals surface area (Å²) in [6.07, 6.45) is 23.3. The summed E-state index contributed by atoms with van der Waals surface area (Å²) < 4.78 is 6.08. The zero-order valence-electron chi connectivity index (χ0n) is 21.2. The Labute approximate surface area is 202 Å². The fourth-order valence-electron chi connectivity index (χ4n) is 5.01.